The molecule has 0 fully saturated rings. The van der Waals surface area contributed by atoms with Crippen LogP contribution in [-0.4, -0.2) is 6.54 Å². The molecule has 1 heterocycles. The Morgan fingerprint density at radius 1 is 1.11 bits per heavy atom. The minimum Gasteiger partial charge on any atom is -0.312 e. The second-order valence-corrected chi connectivity index (χ2v) is 6.26. The summed E-state index contributed by atoms with van der Waals surface area (Å²) in [7, 11) is 0. The maximum atomic E-state index is 3.49. The van der Waals surface area contributed by atoms with Crippen molar-refractivity contribution in [1.29, 1.82) is 0 Å². The lowest BCUT2D eigenvalue weighted by Crippen LogP contribution is -2.13. The first-order valence-corrected chi connectivity index (χ1v) is 7.99. The monoisotopic (exact) mass is 323 g/mol. The highest BCUT2D eigenvalue weighted by Gasteiger charge is 1.97. The van der Waals surface area contributed by atoms with Crippen molar-refractivity contribution < 1.29 is 0 Å². The number of benzene rings is 1. The third-order valence-electron chi connectivity index (χ3n) is 2.83. The number of nitrogens with one attached hydrogen (secondary N) is 1. The van der Waals surface area contributed by atoms with Crippen molar-refractivity contribution in [2.75, 3.05) is 6.54 Å². The number of rotatable bonds is 7. The van der Waals surface area contributed by atoms with Crippen molar-refractivity contribution >= 4 is 27.3 Å². The molecule has 0 amide bonds. The van der Waals surface area contributed by atoms with Gasteiger partial charge in [0.15, 0.2) is 0 Å². The first-order valence-electron chi connectivity index (χ1n) is 6.32. The third kappa shape index (κ3) is 4.92. The number of hydrogen-bond donors (Lipinski definition) is 1. The first kappa shape index (κ1) is 13.8. The Kier molecular flexibility index (Phi) is 5.91. The molecule has 0 spiro atoms. The molecule has 1 N–H and O–H groups in total. The topological polar surface area (TPSA) is 12.0 Å². The van der Waals surface area contributed by atoms with Gasteiger partial charge in [-0.3, -0.25) is 0 Å². The average Bonchev–Trinajstić information content (AvgIpc) is 2.81. The summed E-state index contributed by atoms with van der Waals surface area (Å²) in [5.74, 6) is 0. The van der Waals surface area contributed by atoms with Crippen LogP contribution in [0.15, 0.2) is 46.3 Å². The smallest absolute Gasteiger partial charge is 0.0300 e. The molecule has 1 nitrogen and oxygen atoms in total. The van der Waals surface area contributed by atoms with E-state index in [0.29, 0.717) is 0 Å². The normalized spacial score (nSPS) is 10.7. The fourth-order valence-electron chi connectivity index (χ4n) is 1.88. The largest absolute Gasteiger partial charge is 0.312 e. The van der Waals surface area contributed by atoms with Gasteiger partial charge in [0.1, 0.15) is 0 Å². The van der Waals surface area contributed by atoms with Gasteiger partial charge in [0.05, 0.1) is 0 Å². The predicted molar refractivity (Wildman–Crippen MR) is 83.1 cm³/mol. The van der Waals surface area contributed by atoms with Crippen LogP contribution in [0.4, 0.5) is 0 Å². The van der Waals surface area contributed by atoms with Crippen LogP contribution < -0.4 is 5.32 Å². The van der Waals surface area contributed by atoms with Gasteiger partial charge < -0.3 is 5.32 Å². The molecule has 2 rings (SSSR count). The summed E-state index contributed by atoms with van der Waals surface area (Å²) >= 11 is 5.28. The number of aryl methyl sites for hydroxylation is 1. The van der Waals surface area contributed by atoms with E-state index in [2.05, 4.69) is 63.0 Å². The lowest BCUT2D eigenvalue weighted by Gasteiger charge is -2.03. The fraction of sp³-hybridized carbons (Fsp3) is 0.333. The zero-order chi connectivity index (χ0) is 12.6. The quantitative estimate of drug-likeness (QED) is 0.733. The molecule has 0 radical (unpaired) electrons. The van der Waals surface area contributed by atoms with Gasteiger partial charge in [0.25, 0.3) is 0 Å². The standard InChI is InChI=1S/C15H18BrNS/c16-14-10-15(18-12-14)11-17-9-5-4-8-13-6-2-1-3-7-13/h1-3,6-7,10,12,17H,4-5,8-9,11H2. The predicted octanol–water partition coefficient (Wildman–Crippen LogP) is 4.62. The van der Waals surface area contributed by atoms with Crippen molar-refractivity contribution in [2.24, 2.45) is 0 Å². The minimum atomic E-state index is 0.988. The Morgan fingerprint density at radius 3 is 2.67 bits per heavy atom. The minimum absolute atomic E-state index is 0.988. The van der Waals surface area contributed by atoms with Crippen molar-refractivity contribution in [3.8, 4) is 0 Å². The van der Waals surface area contributed by atoms with Crippen LogP contribution in [0.3, 0.4) is 0 Å². The third-order valence-corrected chi connectivity index (χ3v) is 4.53. The van der Waals surface area contributed by atoms with Gasteiger partial charge in [0, 0.05) is 21.3 Å². The lowest BCUT2D eigenvalue weighted by atomic mass is 10.1. The molecule has 0 saturated carbocycles. The van der Waals surface area contributed by atoms with Gasteiger partial charge in [-0.05, 0) is 53.4 Å². The van der Waals surface area contributed by atoms with Crippen LogP contribution in [0.1, 0.15) is 23.3 Å². The molecular weight excluding hydrogens is 306 g/mol. The summed E-state index contributed by atoms with van der Waals surface area (Å²) in [5, 5.41) is 5.62. The molecule has 0 bridgehead atoms. The summed E-state index contributed by atoms with van der Waals surface area (Å²) in [5.41, 5.74) is 1.44. The number of thiophene rings is 1. The zero-order valence-electron chi connectivity index (χ0n) is 10.4. The summed E-state index contributed by atoms with van der Waals surface area (Å²) < 4.78 is 1.19. The first-order chi connectivity index (χ1) is 8.84. The highest BCUT2D eigenvalue weighted by Crippen LogP contribution is 2.19. The number of hydrogen-bond acceptors (Lipinski definition) is 2. The SMILES string of the molecule is Brc1csc(CNCCCCc2ccccc2)c1. The van der Waals surface area contributed by atoms with E-state index in [-0.39, 0.29) is 0 Å². The van der Waals surface area contributed by atoms with Crippen LogP contribution in [0, 0.1) is 0 Å². The Labute approximate surface area is 121 Å². The summed E-state index contributed by atoms with van der Waals surface area (Å²) in [6, 6.07) is 12.9. The highest BCUT2D eigenvalue weighted by molar-refractivity contribution is 9.10. The fourth-order valence-corrected chi connectivity index (χ4v) is 3.30. The van der Waals surface area contributed by atoms with Crippen LogP contribution in [0.2, 0.25) is 0 Å². The molecule has 0 aliphatic carbocycles. The molecule has 0 atom stereocenters. The highest BCUT2D eigenvalue weighted by atomic mass is 79.9. The van der Waals surface area contributed by atoms with E-state index in [1.165, 1.54) is 34.2 Å². The molecule has 0 aliphatic heterocycles. The zero-order valence-corrected chi connectivity index (χ0v) is 12.8. The Morgan fingerprint density at radius 2 is 1.94 bits per heavy atom. The molecule has 0 saturated heterocycles. The van der Waals surface area contributed by atoms with E-state index >= 15 is 0 Å². The Bertz CT molecular complexity index is 453. The molecule has 2 aromatic rings. The van der Waals surface area contributed by atoms with Crippen molar-refractivity contribution in [3.05, 3.63) is 56.7 Å². The maximum absolute atomic E-state index is 3.49. The molecule has 0 unspecified atom stereocenters. The van der Waals surface area contributed by atoms with Crippen LogP contribution in [-0.2, 0) is 13.0 Å². The second kappa shape index (κ2) is 7.72. The van der Waals surface area contributed by atoms with Crippen LogP contribution in [0.25, 0.3) is 0 Å². The van der Waals surface area contributed by atoms with Gasteiger partial charge in [-0.1, -0.05) is 30.3 Å². The van der Waals surface area contributed by atoms with E-state index in [4.69, 9.17) is 0 Å². The van der Waals surface area contributed by atoms with Crippen molar-refractivity contribution in [1.82, 2.24) is 5.32 Å². The summed E-state index contributed by atoms with van der Waals surface area (Å²) in [4.78, 5) is 1.39. The van der Waals surface area contributed by atoms with E-state index < -0.39 is 0 Å². The van der Waals surface area contributed by atoms with Gasteiger partial charge in [0.2, 0.25) is 0 Å². The van der Waals surface area contributed by atoms with Crippen LogP contribution in [0.5, 0.6) is 0 Å². The van der Waals surface area contributed by atoms with E-state index in [0.717, 1.165) is 13.1 Å². The van der Waals surface area contributed by atoms with E-state index in [9.17, 15) is 0 Å². The van der Waals surface area contributed by atoms with Crippen molar-refractivity contribution in [2.45, 2.75) is 25.8 Å². The molecule has 1 aromatic heterocycles. The molecule has 1 aromatic carbocycles. The van der Waals surface area contributed by atoms with Crippen LogP contribution >= 0.6 is 27.3 Å². The summed E-state index contributed by atoms with van der Waals surface area (Å²) in [6.45, 7) is 2.09. The Hall–Kier alpha value is -0.640. The maximum Gasteiger partial charge on any atom is 0.0300 e. The molecule has 96 valence electrons. The van der Waals surface area contributed by atoms with E-state index in [1.807, 2.05) is 0 Å². The van der Waals surface area contributed by atoms with E-state index in [1.54, 1.807) is 11.3 Å². The second-order valence-electron chi connectivity index (χ2n) is 4.35. The molecule has 0 aliphatic rings. The van der Waals surface area contributed by atoms with Gasteiger partial charge >= 0.3 is 0 Å². The van der Waals surface area contributed by atoms with Gasteiger partial charge in [-0.15, -0.1) is 11.3 Å². The molecule has 18 heavy (non-hydrogen) atoms. The van der Waals surface area contributed by atoms with Gasteiger partial charge in [-0.2, -0.15) is 0 Å². The summed E-state index contributed by atoms with van der Waals surface area (Å²) in [6.07, 6.45) is 3.68. The molecule has 3 heteroatoms. The number of unbranched alkanes of at least 4 members (excludes halogenated alkanes) is 1. The lowest BCUT2D eigenvalue weighted by molar-refractivity contribution is 0.626. The average molecular weight is 324 g/mol. The van der Waals surface area contributed by atoms with Crippen molar-refractivity contribution in [3.63, 3.8) is 0 Å². The van der Waals surface area contributed by atoms with Gasteiger partial charge in [-0.25, -0.2) is 0 Å². The Balaban J connectivity index is 1.54. The molecular formula is C15H18BrNS. The number of halogens is 1.